The predicted octanol–water partition coefficient (Wildman–Crippen LogP) is 11.2. The molecule has 3 atom stereocenters. The van der Waals surface area contributed by atoms with Gasteiger partial charge in [-0.3, -0.25) is 9.36 Å². The van der Waals surface area contributed by atoms with Gasteiger partial charge in [-0.25, -0.2) is 0 Å². The SMILES string of the molecule is CC/C=C\C/C=C\C/C=C\C/C=C\C/C=C\CCCCCCCCCC(=O)NC(COP(=O)([O-])OCC[N+](C)(C)C)C(O)/C=C/CC/C=C/CCCCCC. The van der Waals surface area contributed by atoms with Crippen molar-refractivity contribution in [2.24, 2.45) is 0 Å². The number of likely N-dealkylation sites (N-methyl/N-ethyl adjacent to an activating group) is 1. The highest BCUT2D eigenvalue weighted by atomic mass is 31.2. The Balaban J connectivity index is 4.39. The maximum Gasteiger partial charge on any atom is 0.268 e. The van der Waals surface area contributed by atoms with E-state index in [1.54, 1.807) is 6.08 Å². The number of quaternary nitrogens is 1. The number of rotatable bonds is 37. The van der Waals surface area contributed by atoms with Gasteiger partial charge in [-0.05, 0) is 77.0 Å². The monoisotopic (exact) mass is 789 g/mol. The number of carbonyl (C=O) groups is 1. The number of nitrogens with one attached hydrogen (secondary N) is 1. The van der Waals surface area contributed by atoms with Crippen LogP contribution in [0.2, 0.25) is 0 Å². The maximum atomic E-state index is 12.8. The first-order valence-electron chi connectivity index (χ1n) is 21.4. The third-order valence-corrected chi connectivity index (χ3v) is 9.80. The maximum absolute atomic E-state index is 12.8. The number of carbonyl (C=O) groups excluding carboxylic acids is 1. The molecule has 55 heavy (non-hydrogen) atoms. The van der Waals surface area contributed by atoms with E-state index < -0.39 is 26.6 Å². The van der Waals surface area contributed by atoms with Crippen molar-refractivity contribution < 1.29 is 32.9 Å². The van der Waals surface area contributed by atoms with Crippen LogP contribution in [0.3, 0.4) is 0 Å². The summed E-state index contributed by atoms with van der Waals surface area (Å²) >= 11 is 0. The van der Waals surface area contributed by atoms with Gasteiger partial charge in [-0.15, -0.1) is 0 Å². The van der Waals surface area contributed by atoms with Gasteiger partial charge in [0, 0.05) is 6.42 Å². The molecule has 0 aliphatic rings. The smallest absolute Gasteiger partial charge is 0.268 e. The lowest BCUT2D eigenvalue weighted by molar-refractivity contribution is -0.870. The zero-order valence-corrected chi connectivity index (χ0v) is 36.5. The zero-order valence-electron chi connectivity index (χ0n) is 35.6. The minimum Gasteiger partial charge on any atom is -0.756 e. The molecule has 0 saturated carbocycles. The summed E-state index contributed by atoms with van der Waals surface area (Å²) in [4.78, 5) is 25.2. The number of hydrogen-bond donors (Lipinski definition) is 2. The number of aliphatic hydroxyl groups excluding tert-OH is 1. The van der Waals surface area contributed by atoms with Crippen LogP contribution in [0.4, 0.5) is 0 Å². The van der Waals surface area contributed by atoms with Crippen molar-refractivity contribution in [3.8, 4) is 0 Å². The number of amides is 1. The van der Waals surface area contributed by atoms with E-state index in [9.17, 15) is 19.4 Å². The Bertz CT molecular complexity index is 1170. The van der Waals surface area contributed by atoms with Gasteiger partial charge in [0.1, 0.15) is 13.2 Å². The molecule has 0 aliphatic heterocycles. The Labute approximate surface area is 337 Å². The number of unbranched alkanes of at least 4 members (excludes halogenated alkanes) is 12. The van der Waals surface area contributed by atoms with Crippen molar-refractivity contribution in [2.45, 2.75) is 161 Å². The van der Waals surface area contributed by atoms with Crippen molar-refractivity contribution in [3.63, 3.8) is 0 Å². The molecule has 1 amide bonds. The number of nitrogens with zero attached hydrogens (tertiary/aromatic N) is 1. The first kappa shape index (κ1) is 52.7. The van der Waals surface area contributed by atoms with Crippen LogP contribution >= 0.6 is 7.82 Å². The molecule has 0 aromatic heterocycles. The molecule has 0 fully saturated rings. The standard InChI is InChI=1S/C46H81N2O6P/c1-6-8-10-12-14-16-18-19-20-21-22-23-24-25-26-27-28-29-30-32-34-36-38-40-46(50)47-44(43-54-55(51,52)53-42-41-48(3,4)5)45(49)39-37-35-33-31-17-15-13-11-9-7-2/h8,10,14,16-17,19-20,22-23,25-26,31,37,39,44-45,49H,6-7,9,11-13,15,18,21,24,27-30,32-36,38,40-43H2,1-5H3,(H-,47,50,51,52)/b10-8-,16-14-,20-19-,23-22-,26-25-,31-17+,39-37+. The van der Waals surface area contributed by atoms with Crippen LogP contribution in [-0.4, -0.2) is 68.5 Å². The van der Waals surface area contributed by atoms with E-state index in [1.165, 1.54) is 44.9 Å². The second-order valence-corrected chi connectivity index (χ2v) is 16.7. The third kappa shape index (κ3) is 39.7. The van der Waals surface area contributed by atoms with Crippen LogP contribution in [0.15, 0.2) is 85.1 Å². The third-order valence-electron chi connectivity index (χ3n) is 8.84. The highest BCUT2D eigenvalue weighted by molar-refractivity contribution is 7.45. The molecule has 0 rings (SSSR count). The predicted molar refractivity (Wildman–Crippen MR) is 233 cm³/mol. The lowest BCUT2D eigenvalue weighted by atomic mass is 10.1. The van der Waals surface area contributed by atoms with E-state index in [4.69, 9.17) is 9.05 Å². The van der Waals surface area contributed by atoms with Crippen molar-refractivity contribution in [1.29, 1.82) is 0 Å². The molecule has 9 heteroatoms. The molecule has 0 radical (unpaired) electrons. The fourth-order valence-corrected chi connectivity index (χ4v) is 6.15. The average Bonchev–Trinajstić information content (AvgIpc) is 3.13. The summed E-state index contributed by atoms with van der Waals surface area (Å²) in [6.07, 6.45) is 50.6. The van der Waals surface area contributed by atoms with Gasteiger partial charge in [0.25, 0.3) is 7.82 Å². The van der Waals surface area contributed by atoms with Crippen LogP contribution in [-0.2, 0) is 18.4 Å². The summed E-state index contributed by atoms with van der Waals surface area (Å²) < 4.78 is 23.1. The van der Waals surface area contributed by atoms with Gasteiger partial charge in [0.2, 0.25) is 5.91 Å². The molecule has 8 nitrogen and oxygen atoms in total. The summed E-state index contributed by atoms with van der Waals surface area (Å²) in [6.45, 7) is 4.43. The summed E-state index contributed by atoms with van der Waals surface area (Å²) in [6, 6.07) is -0.912. The molecule has 3 unspecified atom stereocenters. The van der Waals surface area contributed by atoms with Crippen LogP contribution in [0.25, 0.3) is 0 Å². The molecule has 2 N–H and O–H groups in total. The molecule has 0 spiro atoms. The summed E-state index contributed by atoms with van der Waals surface area (Å²) in [5.74, 6) is -0.226. The van der Waals surface area contributed by atoms with Crippen LogP contribution in [0.1, 0.15) is 149 Å². The highest BCUT2D eigenvalue weighted by Crippen LogP contribution is 2.38. The molecule has 0 aromatic rings. The Kier molecular flexibility index (Phi) is 35.7. The highest BCUT2D eigenvalue weighted by Gasteiger charge is 2.23. The van der Waals surface area contributed by atoms with Crippen molar-refractivity contribution in [1.82, 2.24) is 5.32 Å². The summed E-state index contributed by atoms with van der Waals surface area (Å²) in [5, 5.41) is 13.7. The average molecular weight is 789 g/mol. The minimum absolute atomic E-state index is 0.0137. The van der Waals surface area contributed by atoms with E-state index >= 15 is 0 Å². The van der Waals surface area contributed by atoms with E-state index in [-0.39, 0.29) is 12.5 Å². The van der Waals surface area contributed by atoms with Crippen molar-refractivity contribution >= 4 is 13.7 Å². The summed E-state index contributed by atoms with van der Waals surface area (Å²) in [5.41, 5.74) is 0. The van der Waals surface area contributed by atoms with E-state index in [0.29, 0.717) is 17.4 Å². The van der Waals surface area contributed by atoms with Gasteiger partial charge < -0.3 is 28.8 Å². The Morgan fingerprint density at radius 3 is 1.69 bits per heavy atom. The van der Waals surface area contributed by atoms with E-state index in [0.717, 1.165) is 83.5 Å². The molecule has 0 aromatic carbocycles. The number of phosphoric ester groups is 1. The van der Waals surface area contributed by atoms with Crippen molar-refractivity contribution in [3.05, 3.63) is 85.1 Å². The lowest BCUT2D eigenvalue weighted by Crippen LogP contribution is -2.45. The molecular weight excluding hydrogens is 707 g/mol. The first-order valence-corrected chi connectivity index (χ1v) is 22.9. The number of hydrogen-bond acceptors (Lipinski definition) is 6. The Hall–Kier alpha value is -2.32. The van der Waals surface area contributed by atoms with E-state index in [2.05, 4.69) is 92.1 Å². The number of phosphoric acid groups is 1. The van der Waals surface area contributed by atoms with Gasteiger partial charge >= 0.3 is 0 Å². The second kappa shape index (κ2) is 37.3. The largest absolute Gasteiger partial charge is 0.756 e. The minimum atomic E-state index is -4.60. The second-order valence-electron chi connectivity index (χ2n) is 15.3. The normalized spacial score (nSPS) is 15.3. The van der Waals surface area contributed by atoms with Crippen LogP contribution < -0.4 is 10.2 Å². The topological polar surface area (TPSA) is 108 Å². The zero-order chi connectivity index (χ0) is 40.7. The molecule has 0 bridgehead atoms. The van der Waals surface area contributed by atoms with E-state index in [1.807, 2.05) is 27.2 Å². The number of aliphatic hydroxyl groups is 1. The summed E-state index contributed by atoms with van der Waals surface area (Å²) in [7, 11) is 1.22. The molecular formula is C46H81N2O6P. The Morgan fingerprint density at radius 2 is 1.13 bits per heavy atom. The fraction of sp³-hybridized carbons (Fsp3) is 0.674. The molecule has 0 saturated heterocycles. The van der Waals surface area contributed by atoms with Crippen LogP contribution in [0.5, 0.6) is 0 Å². The lowest BCUT2D eigenvalue weighted by Gasteiger charge is -2.29. The number of allylic oxidation sites excluding steroid dienone is 13. The molecule has 0 aliphatic carbocycles. The molecule has 0 heterocycles. The van der Waals surface area contributed by atoms with Crippen molar-refractivity contribution in [2.75, 3.05) is 40.9 Å². The quantitative estimate of drug-likeness (QED) is 0.0281. The fourth-order valence-electron chi connectivity index (χ4n) is 5.43. The van der Waals surface area contributed by atoms with Gasteiger partial charge in [-0.2, -0.15) is 0 Å². The first-order chi connectivity index (χ1) is 26.5. The van der Waals surface area contributed by atoms with Gasteiger partial charge in [0.05, 0.1) is 39.9 Å². The van der Waals surface area contributed by atoms with Crippen LogP contribution in [0, 0.1) is 0 Å². The Morgan fingerprint density at radius 1 is 0.655 bits per heavy atom. The van der Waals surface area contributed by atoms with Gasteiger partial charge in [0.15, 0.2) is 0 Å². The molecule has 316 valence electrons. The van der Waals surface area contributed by atoms with Gasteiger partial charge in [-0.1, -0.05) is 150 Å².